The van der Waals surface area contributed by atoms with Crippen LogP contribution in [0.2, 0.25) is 10.2 Å². The van der Waals surface area contributed by atoms with Crippen molar-refractivity contribution in [1.82, 2.24) is 4.98 Å². The summed E-state index contributed by atoms with van der Waals surface area (Å²) in [4.78, 5) is 14.6. The molecule has 5 heteroatoms. The number of carbonyl (C=O) groups excluding carboxylic acids is 1. The molecule has 0 atom stereocenters. The Labute approximate surface area is 84.5 Å². The molecule has 0 N–H and O–H groups in total. The number of carbonyl (C=O) groups is 1. The van der Waals surface area contributed by atoms with Crippen molar-refractivity contribution in [3.05, 3.63) is 27.5 Å². The van der Waals surface area contributed by atoms with E-state index in [9.17, 15) is 4.79 Å². The minimum absolute atomic E-state index is 0.0417. The van der Waals surface area contributed by atoms with E-state index in [0.717, 1.165) is 0 Å². The van der Waals surface area contributed by atoms with E-state index in [2.05, 4.69) is 4.98 Å². The predicted octanol–water partition coefficient (Wildman–Crippen LogP) is 3.08. The average Bonchev–Trinajstić information content (AvgIpc) is 1.82. The largest absolute Gasteiger partial charge is 0.275 e. The van der Waals surface area contributed by atoms with Gasteiger partial charge in [0.15, 0.2) is 0 Å². The first-order valence-electron chi connectivity index (χ1n) is 3.05. The second-order valence-electron chi connectivity index (χ2n) is 2.18. The molecular formula is C7H4Cl3NO. The van der Waals surface area contributed by atoms with Gasteiger partial charge in [-0.15, -0.1) is 0 Å². The molecule has 0 bridgehead atoms. The Kier molecular flexibility index (Phi) is 2.94. The molecule has 0 amide bonds. The third kappa shape index (κ3) is 1.89. The molecule has 0 saturated heterocycles. The number of halogens is 3. The number of rotatable bonds is 1. The lowest BCUT2D eigenvalue weighted by molar-refractivity contribution is 0.108. The van der Waals surface area contributed by atoms with Crippen LogP contribution < -0.4 is 0 Å². The molecule has 0 aliphatic heterocycles. The maximum atomic E-state index is 10.8. The minimum Gasteiger partial charge on any atom is -0.275 e. The van der Waals surface area contributed by atoms with E-state index in [-0.39, 0.29) is 15.7 Å². The first kappa shape index (κ1) is 9.78. The van der Waals surface area contributed by atoms with Crippen LogP contribution in [-0.4, -0.2) is 10.2 Å². The van der Waals surface area contributed by atoms with Gasteiger partial charge < -0.3 is 0 Å². The van der Waals surface area contributed by atoms with E-state index in [1.807, 2.05) is 0 Å². The standard InChI is InChI=1S/C7H4Cl3NO/c1-3-2-4(8)5(7(10)12)6(9)11-3/h2H,1H3. The van der Waals surface area contributed by atoms with Gasteiger partial charge in [-0.25, -0.2) is 4.98 Å². The fourth-order valence-corrected chi connectivity index (χ4v) is 1.76. The Bertz CT molecular complexity index is 314. The Morgan fingerprint density at radius 2 is 2.08 bits per heavy atom. The van der Waals surface area contributed by atoms with Crippen LogP contribution in [-0.2, 0) is 0 Å². The van der Waals surface area contributed by atoms with Crippen molar-refractivity contribution in [2.24, 2.45) is 0 Å². The summed E-state index contributed by atoms with van der Waals surface area (Å²) in [6.07, 6.45) is 0. The molecule has 0 spiro atoms. The van der Waals surface area contributed by atoms with Gasteiger partial charge in [0, 0.05) is 5.69 Å². The van der Waals surface area contributed by atoms with Crippen molar-refractivity contribution >= 4 is 40.0 Å². The minimum atomic E-state index is -0.697. The van der Waals surface area contributed by atoms with Crippen LogP contribution in [0.25, 0.3) is 0 Å². The van der Waals surface area contributed by atoms with Crippen molar-refractivity contribution in [1.29, 1.82) is 0 Å². The second kappa shape index (κ2) is 3.60. The summed E-state index contributed by atoms with van der Waals surface area (Å²) in [6, 6.07) is 1.53. The zero-order chi connectivity index (χ0) is 9.30. The van der Waals surface area contributed by atoms with Gasteiger partial charge in [0.25, 0.3) is 5.24 Å². The summed E-state index contributed by atoms with van der Waals surface area (Å²) in [5, 5.41) is -0.426. The third-order valence-corrected chi connectivity index (χ3v) is 2.01. The highest BCUT2D eigenvalue weighted by Crippen LogP contribution is 2.24. The molecule has 0 unspecified atom stereocenters. The normalized spacial score (nSPS) is 10.0. The Morgan fingerprint density at radius 1 is 1.50 bits per heavy atom. The van der Waals surface area contributed by atoms with Gasteiger partial charge in [0.1, 0.15) is 5.15 Å². The van der Waals surface area contributed by atoms with Crippen LogP contribution in [0.3, 0.4) is 0 Å². The molecule has 0 radical (unpaired) electrons. The van der Waals surface area contributed by atoms with Crippen molar-refractivity contribution in [2.75, 3.05) is 0 Å². The number of aryl methyl sites for hydroxylation is 1. The first-order valence-corrected chi connectivity index (χ1v) is 4.18. The van der Waals surface area contributed by atoms with E-state index in [1.165, 1.54) is 6.07 Å². The summed E-state index contributed by atoms with van der Waals surface area (Å²) in [6.45, 7) is 1.72. The molecule has 1 aromatic rings. The van der Waals surface area contributed by atoms with Crippen LogP contribution in [0.4, 0.5) is 0 Å². The van der Waals surface area contributed by atoms with E-state index in [4.69, 9.17) is 34.8 Å². The molecule has 0 aliphatic rings. The topological polar surface area (TPSA) is 30.0 Å². The van der Waals surface area contributed by atoms with Crippen LogP contribution >= 0.6 is 34.8 Å². The lowest BCUT2D eigenvalue weighted by Gasteiger charge is -2.01. The SMILES string of the molecule is Cc1cc(Cl)c(C(=O)Cl)c(Cl)n1. The summed E-state index contributed by atoms with van der Waals surface area (Å²) in [7, 11) is 0. The van der Waals surface area contributed by atoms with Gasteiger partial charge >= 0.3 is 0 Å². The molecule has 1 aromatic heterocycles. The van der Waals surface area contributed by atoms with Gasteiger partial charge in [0.2, 0.25) is 0 Å². The summed E-state index contributed by atoms with van der Waals surface area (Å²) >= 11 is 16.5. The molecule has 2 nitrogen and oxygen atoms in total. The zero-order valence-electron chi connectivity index (χ0n) is 6.07. The van der Waals surface area contributed by atoms with Crippen molar-refractivity contribution < 1.29 is 4.79 Å². The number of nitrogens with zero attached hydrogens (tertiary/aromatic N) is 1. The second-order valence-corrected chi connectivity index (χ2v) is 3.29. The van der Waals surface area contributed by atoms with Gasteiger partial charge in [-0.2, -0.15) is 0 Å². The van der Waals surface area contributed by atoms with E-state index < -0.39 is 5.24 Å². The lowest BCUT2D eigenvalue weighted by atomic mass is 10.3. The molecule has 0 aliphatic carbocycles. The van der Waals surface area contributed by atoms with Crippen LogP contribution in [0.15, 0.2) is 6.07 Å². The molecule has 0 fully saturated rings. The van der Waals surface area contributed by atoms with Crippen molar-refractivity contribution in [3.8, 4) is 0 Å². The van der Waals surface area contributed by atoms with Crippen molar-refractivity contribution in [3.63, 3.8) is 0 Å². The number of hydrogen-bond acceptors (Lipinski definition) is 2. The van der Waals surface area contributed by atoms with Gasteiger partial charge in [-0.1, -0.05) is 23.2 Å². The van der Waals surface area contributed by atoms with E-state index >= 15 is 0 Å². The number of pyridine rings is 1. The summed E-state index contributed by atoms with van der Waals surface area (Å²) in [5.41, 5.74) is 0.706. The smallest absolute Gasteiger partial charge is 0.257 e. The van der Waals surface area contributed by atoms with Crippen LogP contribution in [0.1, 0.15) is 16.1 Å². The first-order chi connectivity index (χ1) is 5.52. The fourth-order valence-electron chi connectivity index (χ4n) is 0.772. The fraction of sp³-hybridized carbons (Fsp3) is 0.143. The quantitative estimate of drug-likeness (QED) is 0.542. The van der Waals surface area contributed by atoms with E-state index in [0.29, 0.717) is 5.69 Å². The van der Waals surface area contributed by atoms with Crippen molar-refractivity contribution in [2.45, 2.75) is 6.92 Å². The monoisotopic (exact) mass is 223 g/mol. The average molecular weight is 224 g/mol. The molecule has 0 saturated carbocycles. The summed E-state index contributed by atoms with van der Waals surface area (Å²) < 4.78 is 0. The number of hydrogen-bond donors (Lipinski definition) is 0. The molecule has 64 valence electrons. The third-order valence-electron chi connectivity index (χ3n) is 1.25. The maximum Gasteiger partial charge on any atom is 0.257 e. The Morgan fingerprint density at radius 3 is 2.50 bits per heavy atom. The Balaban J connectivity index is 3.38. The Hall–Kier alpha value is -0.310. The van der Waals surface area contributed by atoms with Crippen LogP contribution in [0.5, 0.6) is 0 Å². The van der Waals surface area contributed by atoms with Crippen LogP contribution in [0, 0.1) is 6.92 Å². The highest BCUT2D eigenvalue weighted by Gasteiger charge is 2.13. The lowest BCUT2D eigenvalue weighted by Crippen LogP contribution is -1.96. The highest BCUT2D eigenvalue weighted by atomic mass is 35.5. The molecule has 1 heterocycles. The molecular weight excluding hydrogens is 220 g/mol. The summed E-state index contributed by atoms with van der Waals surface area (Å²) in [5.74, 6) is 0. The van der Waals surface area contributed by atoms with Gasteiger partial charge in [-0.3, -0.25) is 4.79 Å². The maximum absolute atomic E-state index is 10.8. The van der Waals surface area contributed by atoms with Gasteiger partial charge in [-0.05, 0) is 24.6 Å². The highest BCUT2D eigenvalue weighted by molar-refractivity contribution is 6.69. The van der Waals surface area contributed by atoms with Gasteiger partial charge in [0.05, 0.1) is 10.6 Å². The predicted molar refractivity (Wildman–Crippen MR) is 49.2 cm³/mol. The molecule has 12 heavy (non-hydrogen) atoms. The molecule has 0 aromatic carbocycles. The zero-order valence-corrected chi connectivity index (χ0v) is 8.33. The molecule has 1 rings (SSSR count). The van der Waals surface area contributed by atoms with E-state index in [1.54, 1.807) is 6.92 Å². The number of aromatic nitrogens is 1.